The highest BCUT2D eigenvalue weighted by Gasteiger charge is 1.99. The minimum atomic E-state index is -0.343. The van der Waals surface area contributed by atoms with E-state index in [4.69, 9.17) is 4.74 Å². The molecule has 0 fully saturated rings. The van der Waals surface area contributed by atoms with Crippen LogP contribution in [0.2, 0.25) is 0 Å². The van der Waals surface area contributed by atoms with Crippen LogP contribution in [0.4, 0.5) is 5.95 Å². The van der Waals surface area contributed by atoms with Crippen LogP contribution < -0.4 is 15.7 Å². The van der Waals surface area contributed by atoms with Crippen LogP contribution in [-0.2, 0) is 0 Å². The molecule has 0 saturated heterocycles. The largest absolute Gasteiger partial charge is 0.493 e. The molecule has 0 saturated carbocycles. The van der Waals surface area contributed by atoms with E-state index < -0.39 is 0 Å². The number of anilines is 1. The Morgan fingerprint density at radius 1 is 1.45 bits per heavy atom. The maximum Gasteiger partial charge on any atom is 0.271 e. The zero-order valence-corrected chi connectivity index (χ0v) is 11.0. The van der Waals surface area contributed by atoms with E-state index in [9.17, 15) is 4.79 Å². The third-order valence-electron chi connectivity index (χ3n) is 2.33. The number of nitrogens with one attached hydrogen (secondary N) is 2. The second kappa shape index (κ2) is 7.03. The van der Waals surface area contributed by atoms with E-state index in [0.29, 0.717) is 6.61 Å². The molecule has 7 nitrogen and oxygen atoms in total. The number of para-hydroxylation sites is 1. The van der Waals surface area contributed by atoms with Crippen LogP contribution >= 0.6 is 0 Å². The molecule has 2 rings (SSSR count). The molecule has 2 N–H and O–H groups in total. The first-order valence-electron chi connectivity index (χ1n) is 6.22. The Labute approximate surface area is 115 Å². The second-order valence-corrected chi connectivity index (χ2v) is 3.94. The summed E-state index contributed by atoms with van der Waals surface area (Å²) >= 11 is 0. The Bertz CT molecular complexity index is 638. The molecule has 0 bridgehead atoms. The molecule has 0 aliphatic heterocycles. The first-order chi connectivity index (χ1) is 9.79. The summed E-state index contributed by atoms with van der Waals surface area (Å²) < 4.78 is 5.60. The lowest BCUT2D eigenvalue weighted by molar-refractivity contribution is 0.317. The second-order valence-electron chi connectivity index (χ2n) is 3.94. The summed E-state index contributed by atoms with van der Waals surface area (Å²) in [4.78, 5) is 13.5. The maximum absolute atomic E-state index is 11.0. The van der Waals surface area contributed by atoms with E-state index in [0.717, 1.165) is 23.9 Å². The molecule has 7 heteroatoms. The molecule has 0 radical (unpaired) electrons. The van der Waals surface area contributed by atoms with E-state index in [1.54, 1.807) is 6.21 Å². The number of rotatable bonds is 6. The first kappa shape index (κ1) is 13.7. The number of hydrogen-bond donors (Lipinski definition) is 2. The van der Waals surface area contributed by atoms with Crippen molar-refractivity contribution in [3.8, 4) is 5.75 Å². The van der Waals surface area contributed by atoms with Crippen LogP contribution in [0.5, 0.6) is 5.75 Å². The maximum atomic E-state index is 11.0. The van der Waals surface area contributed by atoms with Gasteiger partial charge in [-0.25, -0.2) is 5.43 Å². The number of aromatic amines is 1. The number of aromatic nitrogens is 3. The van der Waals surface area contributed by atoms with E-state index in [1.165, 1.54) is 0 Å². The predicted molar refractivity (Wildman–Crippen MR) is 76.1 cm³/mol. The van der Waals surface area contributed by atoms with Gasteiger partial charge in [-0.1, -0.05) is 19.1 Å². The van der Waals surface area contributed by atoms with E-state index >= 15 is 0 Å². The Balaban J connectivity index is 2.05. The van der Waals surface area contributed by atoms with Crippen molar-refractivity contribution in [2.75, 3.05) is 12.0 Å². The van der Waals surface area contributed by atoms with Crippen molar-refractivity contribution in [3.05, 3.63) is 46.4 Å². The summed E-state index contributed by atoms with van der Waals surface area (Å²) in [5.74, 6) is 0.938. The van der Waals surface area contributed by atoms with Gasteiger partial charge in [0.2, 0.25) is 5.95 Å². The highest BCUT2D eigenvalue weighted by Crippen LogP contribution is 2.15. The molecule has 104 valence electrons. The first-order valence-corrected chi connectivity index (χ1v) is 6.22. The third-order valence-corrected chi connectivity index (χ3v) is 2.33. The van der Waals surface area contributed by atoms with Crippen molar-refractivity contribution in [1.82, 2.24) is 15.2 Å². The van der Waals surface area contributed by atoms with Gasteiger partial charge in [0.05, 0.1) is 12.8 Å². The van der Waals surface area contributed by atoms with Gasteiger partial charge in [0, 0.05) is 5.56 Å². The van der Waals surface area contributed by atoms with Crippen LogP contribution in [0.25, 0.3) is 0 Å². The van der Waals surface area contributed by atoms with Gasteiger partial charge < -0.3 is 4.74 Å². The smallest absolute Gasteiger partial charge is 0.271 e. The zero-order valence-electron chi connectivity index (χ0n) is 11.0. The van der Waals surface area contributed by atoms with Crippen molar-refractivity contribution in [1.29, 1.82) is 0 Å². The van der Waals surface area contributed by atoms with E-state index in [1.807, 2.05) is 31.2 Å². The van der Waals surface area contributed by atoms with Crippen LogP contribution in [0, 0.1) is 0 Å². The molecule has 0 unspecified atom stereocenters. The predicted octanol–water partition coefficient (Wildman–Crippen LogP) is 1.40. The standard InChI is InChI=1S/C13H15N5O2/c1-2-7-20-11-6-4-3-5-10(11)8-14-17-13-16-12(19)9-15-18-13/h3-6,8-9H,2,7H2,1H3,(H2,16,17,18,19)/b14-8+. The van der Waals surface area contributed by atoms with Gasteiger partial charge in [0.15, 0.2) is 0 Å². The third kappa shape index (κ3) is 3.91. The molecule has 20 heavy (non-hydrogen) atoms. The van der Waals surface area contributed by atoms with E-state index in [-0.39, 0.29) is 11.5 Å². The zero-order chi connectivity index (χ0) is 14.2. The molecule has 1 heterocycles. The average Bonchev–Trinajstić information content (AvgIpc) is 2.46. The van der Waals surface area contributed by atoms with Crippen LogP contribution in [0.15, 0.2) is 40.4 Å². The van der Waals surface area contributed by atoms with Gasteiger partial charge >= 0.3 is 0 Å². The topological polar surface area (TPSA) is 92.3 Å². The fraction of sp³-hybridized carbons (Fsp3) is 0.231. The van der Waals surface area contributed by atoms with Crippen molar-refractivity contribution in [2.45, 2.75) is 13.3 Å². The monoisotopic (exact) mass is 273 g/mol. The lowest BCUT2D eigenvalue weighted by Gasteiger charge is -2.07. The number of hydrogen-bond acceptors (Lipinski definition) is 6. The van der Waals surface area contributed by atoms with Gasteiger partial charge in [-0.15, -0.1) is 10.2 Å². The Hall–Kier alpha value is -2.70. The van der Waals surface area contributed by atoms with Crippen LogP contribution in [-0.4, -0.2) is 28.0 Å². The van der Waals surface area contributed by atoms with Gasteiger partial charge in [0.1, 0.15) is 11.9 Å². The summed E-state index contributed by atoms with van der Waals surface area (Å²) in [7, 11) is 0. The number of hydrazone groups is 1. The summed E-state index contributed by atoms with van der Waals surface area (Å²) in [6.45, 7) is 2.69. The highest BCUT2D eigenvalue weighted by molar-refractivity contribution is 5.83. The number of ether oxygens (including phenoxy) is 1. The molecule has 0 spiro atoms. The van der Waals surface area contributed by atoms with Gasteiger partial charge in [-0.3, -0.25) is 9.78 Å². The molecular formula is C13H15N5O2. The summed E-state index contributed by atoms with van der Waals surface area (Å²) in [5.41, 5.74) is 3.09. The molecule has 0 atom stereocenters. The Kier molecular flexibility index (Phi) is 4.82. The fourth-order valence-electron chi connectivity index (χ4n) is 1.46. The van der Waals surface area contributed by atoms with Crippen LogP contribution in [0.1, 0.15) is 18.9 Å². The number of nitrogens with zero attached hydrogens (tertiary/aromatic N) is 3. The molecule has 1 aromatic carbocycles. The van der Waals surface area contributed by atoms with Gasteiger partial charge in [-0.2, -0.15) is 5.10 Å². The van der Waals surface area contributed by atoms with E-state index in [2.05, 4.69) is 25.7 Å². The minimum absolute atomic E-state index is 0.181. The Morgan fingerprint density at radius 3 is 3.10 bits per heavy atom. The summed E-state index contributed by atoms with van der Waals surface area (Å²) in [5, 5.41) is 11.2. The lowest BCUT2D eigenvalue weighted by Crippen LogP contribution is -2.10. The highest BCUT2D eigenvalue weighted by atomic mass is 16.5. The fourth-order valence-corrected chi connectivity index (χ4v) is 1.46. The normalized spacial score (nSPS) is 10.7. The molecule has 0 aliphatic rings. The number of H-pyrrole nitrogens is 1. The Morgan fingerprint density at radius 2 is 2.30 bits per heavy atom. The molecule has 0 amide bonds. The average molecular weight is 273 g/mol. The van der Waals surface area contributed by atoms with Gasteiger partial charge in [0.25, 0.3) is 5.56 Å². The lowest BCUT2D eigenvalue weighted by atomic mass is 10.2. The summed E-state index contributed by atoms with van der Waals surface area (Å²) in [6.07, 6.45) is 3.62. The molecule has 1 aromatic heterocycles. The van der Waals surface area contributed by atoms with Crippen LogP contribution in [0.3, 0.4) is 0 Å². The molecule has 0 aliphatic carbocycles. The number of benzene rings is 1. The summed E-state index contributed by atoms with van der Waals surface area (Å²) in [6, 6.07) is 7.55. The van der Waals surface area contributed by atoms with Crippen molar-refractivity contribution >= 4 is 12.2 Å². The van der Waals surface area contributed by atoms with Crippen molar-refractivity contribution in [3.63, 3.8) is 0 Å². The van der Waals surface area contributed by atoms with Crippen molar-refractivity contribution < 1.29 is 4.74 Å². The SMILES string of the molecule is CCCOc1ccccc1/C=N/Nc1nncc(=O)[nH]1. The minimum Gasteiger partial charge on any atom is -0.493 e. The molecule has 2 aromatic rings. The quantitative estimate of drug-likeness (QED) is 0.613. The van der Waals surface area contributed by atoms with Crippen molar-refractivity contribution in [2.24, 2.45) is 5.10 Å². The molecular weight excluding hydrogens is 258 g/mol. The van der Waals surface area contributed by atoms with Gasteiger partial charge in [-0.05, 0) is 18.6 Å².